The number of rotatable bonds is 5. The SMILES string of the molecule is [B]C(C)N=C(C=C(C=C)CC)C(C)=NC. The van der Waals surface area contributed by atoms with E-state index in [9.17, 15) is 0 Å². The zero-order valence-corrected chi connectivity index (χ0v) is 10.1. The van der Waals surface area contributed by atoms with Crippen molar-refractivity contribution in [1.82, 2.24) is 0 Å². The highest BCUT2D eigenvalue weighted by Gasteiger charge is 2.01. The summed E-state index contributed by atoms with van der Waals surface area (Å²) in [5.74, 6) is -0.212. The van der Waals surface area contributed by atoms with Gasteiger partial charge in [0.25, 0.3) is 0 Å². The van der Waals surface area contributed by atoms with E-state index in [4.69, 9.17) is 7.85 Å². The maximum atomic E-state index is 5.65. The van der Waals surface area contributed by atoms with Crippen molar-refractivity contribution in [3.05, 3.63) is 24.3 Å². The minimum atomic E-state index is -0.212. The molecule has 0 fully saturated rings. The molecule has 15 heavy (non-hydrogen) atoms. The van der Waals surface area contributed by atoms with E-state index in [1.165, 1.54) is 0 Å². The smallest absolute Gasteiger partial charge is 0.102 e. The molecule has 3 heteroatoms. The van der Waals surface area contributed by atoms with E-state index in [1.807, 2.05) is 26.0 Å². The molecule has 80 valence electrons. The Morgan fingerprint density at radius 2 is 2.13 bits per heavy atom. The second-order valence-electron chi connectivity index (χ2n) is 3.34. The molecule has 0 aliphatic rings. The Morgan fingerprint density at radius 1 is 1.53 bits per heavy atom. The van der Waals surface area contributed by atoms with Crippen LogP contribution < -0.4 is 0 Å². The molecule has 0 heterocycles. The van der Waals surface area contributed by atoms with Crippen molar-refractivity contribution in [3.63, 3.8) is 0 Å². The Kier molecular flexibility index (Phi) is 6.68. The molecule has 0 saturated heterocycles. The molecule has 0 bridgehead atoms. The van der Waals surface area contributed by atoms with Crippen LogP contribution in [0, 0.1) is 0 Å². The lowest BCUT2D eigenvalue weighted by Gasteiger charge is -2.05. The molecular weight excluding hydrogens is 183 g/mol. The largest absolute Gasteiger partial charge is 0.291 e. The molecule has 0 N–H and O–H groups in total. The molecule has 0 aromatic carbocycles. The summed E-state index contributed by atoms with van der Waals surface area (Å²) >= 11 is 0. The Labute approximate surface area is 94.3 Å². The Balaban J connectivity index is 5.13. The number of aliphatic imine (C=N–C) groups is 2. The van der Waals surface area contributed by atoms with Crippen LogP contribution in [0.5, 0.6) is 0 Å². The van der Waals surface area contributed by atoms with Gasteiger partial charge in [0, 0.05) is 13.0 Å². The Morgan fingerprint density at radius 3 is 2.47 bits per heavy atom. The zero-order valence-electron chi connectivity index (χ0n) is 10.1. The summed E-state index contributed by atoms with van der Waals surface area (Å²) in [4.78, 5) is 8.44. The normalized spacial score (nSPS) is 16.4. The van der Waals surface area contributed by atoms with Gasteiger partial charge < -0.3 is 0 Å². The molecule has 1 unspecified atom stereocenters. The van der Waals surface area contributed by atoms with Crippen LogP contribution in [0.4, 0.5) is 0 Å². The summed E-state index contributed by atoms with van der Waals surface area (Å²) in [5.41, 5.74) is 2.86. The van der Waals surface area contributed by atoms with Gasteiger partial charge in [0.05, 0.1) is 11.4 Å². The summed E-state index contributed by atoms with van der Waals surface area (Å²) in [6, 6.07) is 0. The monoisotopic (exact) mass is 202 g/mol. The second kappa shape index (κ2) is 7.21. The van der Waals surface area contributed by atoms with Crippen LogP contribution in [-0.4, -0.2) is 32.3 Å². The first-order valence-corrected chi connectivity index (χ1v) is 5.15. The summed E-state index contributed by atoms with van der Waals surface area (Å²) in [5, 5.41) is 0. The van der Waals surface area contributed by atoms with Crippen LogP contribution in [0.2, 0.25) is 0 Å². The summed E-state index contributed by atoms with van der Waals surface area (Å²) in [7, 11) is 7.40. The van der Waals surface area contributed by atoms with Crippen molar-refractivity contribution in [1.29, 1.82) is 0 Å². The number of hydrogen-bond donors (Lipinski definition) is 0. The summed E-state index contributed by atoms with van der Waals surface area (Å²) < 4.78 is 0. The van der Waals surface area contributed by atoms with Gasteiger partial charge in [0.1, 0.15) is 7.85 Å². The van der Waals surface area contributed by atoms with Crippen LogP contribution in [0.25, 0.3) is 0 Å². The average Bonchev–Trinajstić information content (AvgIpc) is 2.22. The van der Waals surface area contributed by atoms with Crippen molar-refractivity contribution in [2.45, 2.75) is 33.1 Å². The fourth-order valence-corrected chi connectivity index (χ4v) is 1.05. The first-order valence-electron chi connectivity index (χ1n) is 5.15. The molecule has 0 saturated carbocycles. The number of allylic oxidation sites excluding steroid dienone is 3. The number of nitrogens with zero attached hydrogens (tertiary/aromatic N) is 2. The molecular formula is C12H19BN2. The molecule has 0 amide bonds. The first kappa shape index (κ1) is 13.9. The van der Waals surface area contributed by atoms with Crippen LogP contribution in [0.3, 0.4) is 0 Å². The van der Waals surface area contributed by atoms with Crippen LogP contribution in [0.1, 0.15) is 27.2 Å². The van der Waals surface area contributed by atoms with E-state index >= 15 is 0 Å². The zero-order chi connectivity index (χ0) is 11.8. The highest BCUT2D eigenvalue weighted by atomic mass is 14.8. The third-order valence-electron chi connectivity index (χ3n) is 2.04. The van der Waals surface area contributed by atoms with Crippen molar-refractivity contribution in [2.24, 2.45) is 9.98 Å². The predicted molar refractivity (Wildman–Crippen MR) is 70.3 cm³/mol. The molecule has 0 aromatic heterocycles. The van der Waals surface area contributed by atoms with Crippen LogP contribution in [0.15, 0.2) is 34.3 Å². The van der Waals surface area contributed by atoms with Gasteiger partial charge in [0.15, 0.2) is 0 Å². The highest BCUT2D eigenvalue weighted by Crippen LogP contribution is 2.03. The lowest BCUT2D eigenvalue weighted by molar-refractivity contribution is 1.03. The highest BCUT2D eigenvalue weighted by molar-refractivity contribution is 6.46. The Bertz CT molecular complexity index is 299. The second-order valence-corrected chi connectivity index (χ2v) is 3.34. The fraction of sp³-hybridized carbons (Fsp3) is 0.500. The van der Waals surface area contributed by atoms with Crippen molar-refractivity contribution < 1.29 is 0 Å². The molecule has 0 aliphatic carbocycles. The van der Waals surface area contributed by atoms with Gasteiger partial charge in [-0.2, -0.15) is 0 Å². The van der Waals surface area contributed by atoms with E-state index in [2.05, 4.69) is 23.5 Å². The predicted octanol–water partition coefficient (Wildman–Crippen LogP) is 2.56. The van der Waals surface area contributed by atoms with Crippen LogP contribution >= 0.6 is 0 Å². The van der Waals surface area contributed by atoms with Crippen molar-refractivity contribution in [3.8, 4) is 0 Å². The first-order chi connectivity index (χ1) is 7.04. The average molecular weight is 202 g/mol. The van der Waals surface area contributed by atoms with Gasteiger partial charge in [0.2, 0.25) is 0 Å². The minimum absolute atomic E-state index is 0.212. The fourth-order valence-electron chi connectivity index (χ4n) is 1.05. The molecule has 2 radical (unpaired) electrons. The van der Waals surface area contributed by atoms with Gasteiger partial charge in [-0.15, -0.1) is 0 Å². The Hall–Kier alpha value is -1.12. The van der Waals surface area contributed by atoms with Crippen LogP contribution in [-0.2, 0) is 0 Å². The lowest BCUT2D eigenvalue weighted by atomic mass is 9.99. The molecule has 0 rings (SSSR count). The number of hydrogen-bond acceptors (Lipinski definition) is 2. The third kappa shape index (κ3) is 5.35. The maximum Gasteiger partial charge on any atom is 0.102 e. The van der Waals surface area contributed by atoms with Gasteiger partial charge >= 0.3 is 0 Å². The van der Waals surface area contributed by atoms with E-state index in [-0.39, 0.29) is 5.94 Å². The van der Waals surface area contributed by atoms with E-state index < -0.39 is 0 Å². The van der Waals surface area contributed by atoms with Gasteiger partial charge in [-0.25, -0.2) is 0 Å². The van der Waals surface area contributed by atoms with E-state index in [0.717, 1.165) is 23.4 Å². The van der Waals surface area contributed by atoms with Gasteiger partial charge in [-0.05, 0) is 25.0 Å². The maximum absolute atomic E-state index is 5.65. The molecule has 1 atom stereocenters. The van der Waals surface area contributed by atoms with Crippen molar-refractivity contribution >= 4 is 19.3 Å². The minimum Gasteiger partial charge on any atom is -0.291 e. The summed E-state index contributed by atoms with van der Waals surface area (Å²) in [6.07, 6.45) is 4.75. The molecule has 2 nitrogen and oxygen atoms in total. The molecule has 0 spiro atoms. The molecule has 0 aliphatic heterocycles. The molecule has 0 aromatic rings. The van der Waals surface area contributed by atoms with E-state index in [1.54, 1.807) is 7.05 Å². The standard InChI is InChI=1S/C12H19BN2/c1-6-11(7-2)8-12(9(3)14-5)15-10(4)13/h6,8,10H,1,7H2,2-5H3. The topological polar surface area (TPSA) is 24.7 Å². The lowest BCUT2D eigenvalue weighted by Crippen LogP contribution is -2.12. The summed E-state index contributed by atoms with van der Waals surface area (Å²) in [6.45, 7) is 9.60. The van der Waals surface area contributed by atoms with E-state index in [0.29, 0.717) is 0 Å². The quantitative estimate of drug-likeness (QED) is 0.372. The van der Waals surface area contributed by atoms with Gasteiger partial charge in [-0.1, -0.05) is 26.5 Å². The third-order valence-corrected chi connectivity index (χ3v) is 2.04. The van der Waals surface area contributed by atoms with Gasteiger partial charge in [-0.3, -0.25) is 9.98 Å². The van der Waals surface area contributed by atoms with Crippen molar-refractivity contribution in [2.75, 3.05) is 7.05 Å².